The summed E-state index contributed by atoms with van der Waals surface area (Å²) in [7, 11) is 0. The molecular weight excluding hydrogens is 180 g/mol. The van der Waals surface area contributed by atoms with E-state index >= 15 is 0 Å². The second kappa shape index (κ2) is 4.13. The Morgan fingerprint density at radius 1 is 1.43 bits per heavy atom. The monoisotopic (exact) mass is 194 g/mol. The van der Waals surface area contributed by atoms with Gasteiger partial charge in [-0.1, -0.05) is 26.0 Å². The summed E-state index contributed by atoms with van der Waals surface area (Å²) in [6.45, 7) is 5.90. The maximum atomic E-state index is 10.4. The second-order valence-corrected chi connectivity index (χ2v) is 3.56. The summed E-state index contributed by atoms with van der Waals surface area (Å²) in [6, 6.07) is 5.59. The van der Waals surface area contributed by atoms with Crippen LogP contribution >= 0.6 is 0 Å². The molecule has 0 radical (unpaired) electrons. The van der Waals surface area contributed by atoms with Gasteiger partial charge in [-0.05, 0) is 30.0 Å². The molecule has 0 saturated carbocycles. The molecule has 0 bridgehead atoms. The molecule has 0 aliphatic heterocycles. The van der Waals surface area contributed by atoms with E-state index in [1.165, 1.54) is 0 Å². The summed E-state index contributed by atoms with van der Waals surface area (Å²) in [5, 5.41) is 8.54. The van der Waals surface area contributed by atoms with Gasteiger partial charge in [0, 0.05) is 0 Å². The van der Waals surface area contributed by atoms with Gasteiger partial charge in [0.2, 0.25) is 0 Å². The first-order valence-electron chi connectivity index (χ1n) is 4.52. The zero-order chi connectivity index (χ0) is 10.7. The van der Waals surface area contributed by atoms with E-state index < -0.39 is 6.16 Å². The highest BCUT2D eigenvalue weighted by Crippen LogP contribution is 2.27. The molecule has 0 aliphatic rings. The third kappa shape index (κ3) is 2.49. The van der Waals surface area contributed by atoms with Crippen molar-refractivity contribution >= 4 is 6.16 Å². The maximum absolute atomic E-state index is 10.4. The molecule has 0 unspecified atom stereocenters. The summed E-state index contributed by atoms with van der Waals surface area (Å²) in [4.78, 5) is 10.4. The van der Waals surface area contributed by atoms with Crippen molar-refractivity contribution in [3.8, 4) is 5.75 Å². The lowest BCUT2D eigenvalue weighted by Crippen LogP contribution is -2.06. The van der Waals surface area contributed by atoms with Crippen LogP contribution in [0.15, 0.2) is 18.2 Å². The molecule has 1 aromatic carbocycles. The molecule has 1 rings (SSSR count). The van der Waals surface area contributed by atoms with Crippen molar-refractivity contribution < 1.29 is 14.6 Å². The standard InChI is InChI=1S/C11H14O3/c1-7(2)9-5-4-8(3)6-10(9)14-11(12)13/h4-7H,1-3H3,(H,12,13). The fourth-order valence-corrected chi connectivity index (χ4v) is 1.30. The summed E-state index contributed by atoms with van der Waals surface area (Å²) in [6.07, 6.45) is -1.27. The number of hydrogen-bond acceptors (Lipinski definition) is 2. The first-order chi connectivity index (χ1) is 6.50. The lowest BCUT2D eigenvalue weighted by Gasteiger charge is -2.11. The Hall–Kier alpha value is -1.51. The van der Waals surface area contributed by atoms with Crippen LogP contribution in [0.25, 0.3) is 0 Å². The Balaban J connectivity index is 3.09. The molecular formula is C11H14O3. The number of carbonyl (C=O) groups is 1. The molecule has 14 heavy (non-hydrogen) atoms. The van der Waals surface area contributed by atoms with Crippen LogP contribution in [-0.2, 0) is 0 Å². The highest BCUT2D eigenvalue weighted by atomic mass is 16.7. The lowest BCUT2D eigenvalue weighted by atomic mass is 10.0. The van der Waals surface area contributed by atoms with Crippen molar-refractivity contribution in [1.29, 1.82) is 0 Å². The fourth-order valence-electron chi connectivity index (χ4n) is 1.30. The minimum absolute atomic E-state index is 0.255. The Bertz CT molecular complexity index is 342. The van der Waals surface area contributed by atoms with Crippen LogP contribution in [0.2, 0.25) is 0 Å². The van der Waals surface area contributed by atoms with Crippen LogP contribution in [0.4, 0.5) is 4.79 Å². The number of rotatable bonds is 2. The van der Waals surface area contributed by atoms with E-state index in [4.69, 9.17) is 9.84 Å². The molecule has 0 aliphatic carbocycles. The smallest absolute Gasteiger partial charge is 0.449 e. The zero-order valence-electron chi connectivity index (χ0n) is 8.57. The number of benzene rings is 1. The maximum Gasteiger partial charge on any atom is 0.511 e. The fraction of sp³-hybridized carbons (Fsp3) is 0.364. The topological polar surface area (TPSA) is 46.5 Å². The Morgan fingerprint density at radius 2 is 2.07 bits per heavy atom. The molecule has 0 spiro atoms. The third-order valence-electron chi connectivity index (χ3n) is 1.99. The average molecular weight is 194 g/mol. The van der Waals surface area contributed by atoms with Gasteiger partial charge in [0.1, 0.15) is 5.75 Å². The molecule has 1 aromatic rings. The number of hydrogen-bond donors (Lipinski definition) is 1. The van der Waals surface area contributed by atoms with Crippen LogP contribution in [0.1, 0.15) is 30.9 Å². The van der Waals surface area contributed by atoms with Gasteiger partial charge < -0.3 is 9.84 Å². The Morgan fingerprint density at radius 3 is 2.57 bits per heavy atom. The van der Waals surface area contributed by atoms with Gasteiger partial charge in [0.15, 0.2) is 0 Å². The summed E-state index contributed by atoms with van der Waals surface area (Å²) in [5.41, 5.74) is 1.91. The molecule has 0 fully saturated rings. The van der Waals surface area contributed by atoms with E-state index in [0.717, 1.165) is 11.1 Å². The molecule has 0 atom stereocenters. The van der Waals surface area contributed by atoms with E-state index in [1.807, 2.05) is 32.9 Å². The minimum atomic E-state index is -1.27. The van der Waals surface area contributed by atoms with Crippen molar-refractivity contribution in [2.24, 2.45) is 0 Å². The normalized spacial score (nSPS) is 10.3. The first-order valence-corrected chi connectivity index (χ1v) is 4.52. The molecule has 76 valence electrons. The summed E-state index contributed by atoms with van der Waals surface area (Å²) in [5.74, 6) is 0.692. The molecule has 0 aromatic heterocycles. The Kier molecular flexibility index (Phi) is 3.12. The number of aryl methyl sites for hydroxylation is 1. The van der Waals surface area contributed by atoms with Crippen LogP contribution in [0.5, 0.6) is 5.75 Å². The van der Waals surface area contributed by atoms with Crippen molar-refractivity contribution in [2.45, 2.75) is 26.7 Å². The summed E-state index contributed by atoms with van der Waals surface area (Å²) >= 11 is 0. The zero-order valence-corrected chi connectivity index (χ0v) is 8.57. The summed E-state index contributed by atoms with van der Waals surface area (Å²) < 4.78 is 4.70. The highest BCUT2D eigenvalue weighted by molar-refractivity contribution is 5.62. The van der Waals surface area contributed by atoms with Crippen molar-refractivity contribution in [3.63, 3.8) is 0 Å². The van der Waals surface area contributed by atoms with Gasteiger partial charge in [0.25, 0.3) is 0 Å². The predicted octanol–water partition coefficient (Wildman–Crippen LogP) is 3.18. The van der Waals surface area contributed by atoms with Gasteiger partial charge in [0.05, 0.1) is 0 Å². The van der Waals surface area contributed by atoms with Gasteiger partial charge in [-0.25, -0.2) is 4.79 Å². The quantitative estimate of drug-likeness (QED) is 0.581. The van der Waals surface area contributed by atoms with Crippen LogP contribution in [-0.4, -0.2) is 11.3 Å². The van der Waals surface area contributed by atoms with Gasteiger partial charge >= 0.3 is 6.16 Å². The van der Waals surface area contributed by atoms with E-state index in [2.05, 4.69) is 0 Å². The van der Waals surface area contributed by atoms with E-state index in [9.17, 15) is 4.79 Å². The largest absolute Gasteiger partial charge is 0.511 e. The van der Waals surface area contributed by atoms with Crippen molar-refractivity contribution in [3.05, 3.63) is 29.3 Å². The SMILES string of the molecule is Cc1ccc(C(C)C)c(OC(=O)O)c1. The van der Waals surface area contributed by atoms with Crippen molar-refractivity contribution in [1.82, 2.24) is 0 Å². The van der Waals surface area contributed by atoms with E-state index in [0.29, 0.717) is 5.75 Å². The minimum Gasteiger partial charge on any atom is -0.449 e. The molecule has 0 saturated heterocycles. The number of carboxylic acid groups (broad SMARTS) is 1. The first kappa shape index (κ1) is 10.6. The third-order valence-corrected chi connectivity index (χ3v) is 1.99. The van der Waals surface area contributed by atoms with Crippen LogP contribution in [0.3, 0.4) is 0 Å². The van der Waals surface area contributed by atoms with Crippen LogP contribution in [0, 0.1) is 6.92 Å². The predicted molar refractivity (Wildman–Crippen MR) is 53.9 cm³/mol. The second-order valence-electron chi connectivity index (χ2n) is 3.56. The van der Waals surface area contributed by atoms with Gasteiger partial charge in [-0.3, -0.25) is 0 Å². The van der Waals surface area contributed by atoms with Crippen LogP contribution < -0.4 is 4.74 Å². The van der Waals surface area contributed by atoms with Gasteiger partial charge in [-0.15, -0.1) is 0 Å². The van der Waals surface area contributed by atoms with E-state index in [-0.39, 0.29) is 5.92 Å². The molecule has 3 nitrogen and oxygen atoms in total. The lowest BCUT2D eigenvalue weighted by molar-refractivity contribution is 0.144. The molecule has 0 amide bonds. The van der Waals surface area contributed by atoms with Gasteiger partial charge in [-0.2, -0.15) is 0 Å². The molecule has 3 heteroatoms. The highest BCUT2D eigenvalue weighted by Gasteiger charge is 2.10. The average Bonchev–Trinajstić information content (AvgIpc) is 2.01. The number of ether oxygens (including phenoxy) is 1. The molecule has 0 heterocycles. The Labute approximate surface area is 83.3 Å². The molecule has 1 N–H and O–H groups in total. The van der Waals surface area contributed by atoms with E-state index in [1.54, 1.807) is 6.07 Å². The van der Waals surface area contributed by atoms with Crippen molar-refractivity contribution in [2.75, 3.05) is 0 Å².